The van der Waals surface area contributed by atoms with Gasteiger partial charge in [0.25, 0.3) is 0 Å². The second-order valence-corrected chi connectivity index (χ2v) is 6.70. The Labute approximate surface area is 145 Å². The SMILES string of the molecule is CCC[C@@]1(CO)CN(Cc2ccc(OCC)c(OC)c2)CC[C@@H]1O. The van der Waals surface area contributed by atoms with Crippen molar-refractivity contribution in [2.45, 2.75) is 45.8 Å². The minimum absolute atomic E-state index is 0.0328. The zero-order valence-corrected chi connectivity index (χ0v) is 15.1. The molecule has 0 amide bonds. The second kappa shape index (κ2) is 8.70. The van der Waals surface area contributed by atoms with E-state index in [1.165, 1.54) is 0 Å². The minimum atomic E-state index is -0.423. The van der Waals surface area contributed by atoms with Crippen molar-refractivity contribution < 1.29 is 19.7 Å². The fourth-order valence-electron chi connectivity index (χ4n) is 3.70. The second-order valence-electron chi connectivity index (χ2n) is 6.70. The third-order valence-corrected chi connectivity index (χ3v) is 4.96. The van der Waals surface area contributed by atoms with Gasteiger partial charge in [0.15, 0.2) is 11.5 Å². The van der Waals surface area contributed by atoms with Crippen molar-refractivity contribution in [1.82, 2.24) is 4.90 Å². The number of methoxy groups -OCH3 is 1. The highest BCUT2D eigenvalue weighted by Crippen LogP contribution is 2.36. The molecule has 1 aromatic rings. The van der Waals surface area contributed by atoms with E-state index in [1.807, 2.05) is 19.1 Å². The number of rotatable bonds is 8. The average Bonchev–Trinajstić information content (AvgIpc) is 2.59. The molecule has 1 saturated heterocycles. The summed E-state index contributed by atoms with van der Waals surface area (Å²) in [5.74, 6) is 1.50. The highest BCUT2D eigenvalue weighted by molar-refractivity contribution is 5.43. The standard InChI is InChI=1S/C19H31NO4/c1-4-9-19(14-21)13-20(10-8-18(19)22)12-15-6-7-16(24-5-2)17(11-15)23-3/h6-7,11,18,21-22H,4-5,8-10,12-14H2,1-3H3/t18-,19-/m0/s1. The summed E-state index contributed by atoms with van der Waals surface area (Å²) in [6.07, 6.45) is 2.08. The highest BCUT2D eigenvalue weighted by Gasteiger charge is 2.41. The van der Waals surface area contributed by atoms with Gasteiger partial charge in [-0.3, -0.25) is 4.90 Å². The Morgan fingerprint density at radius 2 is 2.08 bits per heavy atom. The summed E-state index contributed by atoms with van der Waals surface area (Å²) in [6, 6.07) is 6.01. The van der Waals surface area contributed by atoms with E-state index in [0.717, 1.165) is 43.0 Å². The summed E-state index contributed by atoms with van der Waals surface area (Å²) in [4.78, 5) is 2.31. The Hall–Kier alpha value is -1.30. The van der Waals surface area contributed by atoms with Gasteiger partial charge < -0.3 is 19.7 Å². The lowest BCUT2D eigenvalue weighted by atomic mass is 9.74. The maximum Gasteiger partial charge on any atom is 0.161 e. The van der Waals surface area contributed by atoms with E-state index in [2.05, 4.69) is 17.9 Å². The Kier molecular flexibility index (Phi) is 6.90. The molecule has 0 saturated carbocycles. The predicted octanol–water partition coefficient (Wildman–Crippen LogP) is 2.44. The van der Waals surface area contributed by atoms with E-state index >= 15 is 0 Å². The van der Waals surface area contributed by atoms with Crippen LogP contribution in [-0.4, -0.2) is 54.6 Å². The maximum atomic E-state index is 10.4. The molecule has 0 spiro atoms. The Bertz CT molecular complexity index is 522. The highest BCUT2D eigenvalue weighted by atomic mass is 16.5. The van der Waals surface area contributed by atoms with Gasteiger partial charge in [-0.25, -0.2) is 0 Å². The minimum Gasteiger partial charge on any atom is -0.493 e. The van der Waals surface area contributed by atoms with Crippen LogP contribution >= 0.6 is 0 Å². The van der Waals surface area contributed by atoms with Crippen molar-refractivity contribution in [3.8, 4) is 11.5 Å². The number of aliphatic hydroxyl groups excluding tert-OH is 2. The van der Waals surface area contributed by atoms with Crippen molar-refractivity contribution in [2.24, 2.45) is 5.41 Å². The number of aliphatic hydroxyl groups is 2. The van der Waals surface area contributed by atoms with Gasteiger partial charge in [-0.15, -0.1) is 0 Å². The molecule has 1 aliphatic heterocycles. The number of hydrogen-bond donors (Lipinski definition) is 2. The van der Waals surface area contributed by atoms with Gasteiger partial charge >= 0.3 is 0 Å². The number of ether oxygens (including phenoxy) is 2. The van der Waals surface area contributed by atoms with Crippen LogP contribution in [0.25, 0.3) is 0 Å². The van der Waals surface area contributed by atoms with E-state index in [4.69, 9.17) is 9.47 Å². The molecule has 1 heterocycles. The van der Waals surface area contributed by atoms with Crippen molar-refractivity contribution in [3.05, 3.63) is 23.8 Å². The van der Waals surface area contributed by atoms with E-state index in [-0.39, 0.29) is 6.61 Å². The quantitative estimate of drug-likeness (QED) is 0.763. The molecule has 5 nitrogen and oxygen atoms in total. The van der Waals surface area contributed by atoms with Crippen LogP contribution in [0.3, 0.4) is 0 Å². The van der Waals surface area contributed by atoms with Gasteiger partial charge in [0.1, 0.15) is 0 Å². The van der Waals surface area contributed by atoms with Crippen LogP contribution < -0.4 is 9.47 Å². The number of hydrogen-bond acceptors (Lipinski definition) is 5. The van der Waals surface area contributed by atoms with Gasteiger partial charge in [-0.05, 0) is 37.5 Å². The first-order valence-electron chi connectivity index (χ1n) is 8.89. The molecule has 1 aromatic carbocycles. The van der Waals surface area contributed by atoms with E-state index in [9.17, 15) is 10.2 Å². The molecule has 0 bridgehead atoms. The van der Waals surface area contributed by atoms with Crippen LogP contribution in [0.5, 0.6) is 11.5 Å². The summed E-state index contributed by atoms with van der Waals surface area (Å²) >= 11 is 0. The average molecular weight is 337 g/mol. The van der Waals surface area contributed by atoms with E-state index < -0.39 is 11.5 Å². The van der Waals surface area contributed by atoms with Crippen LogP contribution in [-0.2, 0) is 6.54 Å². The number of nitrogens with zero attached hydrogens (tertiary/aromatic N) is 1. The zero-order valence-electron chi connectivity index (χ0n) is 15.1. The molecule has 2 N–H and O–H groups in total. The summed E-state index contributed by atoms with van der Waals surface area (Å²) in [6.45, 7) is 7.02. The summed E-state index contributed by atoms with van der Waals surface area (Å²) in [5.41, 5.74) is 0.748. The number of likely N-dealkylation sites (tertiary alicyclic amines) is 1. The molecule has 5 heteroatoms. The predicted molar refractivity (Wildman–Crippen MR) is 94.5 cm³/mol. The molecule has 136 valence electrons. The molecule has 1 aliphatic rings. The van der Waals surface area contributed by atoms with E-state index in [1.54, 1.807) is 7.11 Å². The molecule has 0 aromatic heterocycles. The van der Waals surface area contributed by atoms with Crippen LogP contribution in [0, 0.1) is 5.41 Å². The molecule has 0 radical (unpaired) electrons. The lowest BCUT2D eigenvalue weighted by Gasteiger charge is -2.45. The molecular weight excluding hydrogens is 306 g/mol. The van der Waals surface area contributed by atoms with Crippen molar-refractivity contribution in [1.29, 1.82) is 0 Å². The van der Waals surface area contributed by atoms with Gasteiger partial charge in [0.2, 0.25) is 0 Å². The smallest absolute Gasteiger partial charge is 0.161 e. The first-order chi connectivity index (χ1) is 11.6. The first kappa shape index (κ1) is 19.0. The Morgan fingerprint density at radius 1 is 1.29 bits per heavy atom. The van der Waals surface area contributed by atoms with Crippen LogP contribution in [0.4, 0.5) is 0 Å². The summed E-state index contributed by atoms with van der Waals surface area (Å²) < 4.78 is 11.0. The van der Waals surface area contributed by atoms with Crippen molar-refractivity contribution in [3.63, 3.8) is 0 Å². The van der Waals surface area contributed by atoms with Crippen LogP contribution in [0.1, 0.15) is 38.7 Å². The molecule has 2 rings (SSSR count). The molecular formula is C19H31NO4. The lowest BCUT2D eigenvalue weighted by molar-refractivity contribution is -0.0819. The van der Waals surface area contributed by atoms with Crippen LogP contribution in [0.2, 0.25) is 0 Å². The van der Waals surface area contributed by atoms with Gasteiger partial charge in [0, 0.05) is 25.0 Å². The lowest BCUT2D eigenvalue weighted by Crippen LogP contribution is -2.53. The molecule has 1 fully saturated rings. The molecule has 2 atom stereocenters. The molecule has 24 heavy (non-hydrogen) atoms. The largest absolute Gasteiger partial charge is 0.493 e. The zero-order chi connectivity index (χ0) is 17.6. The number of benzene rings is 1. The van der Waals surface area contributed by atoms with Crippen LogP contribution in [0.15, 0.2) is 18.2 Å². The monoisotopic (exact) mass is 337 g/mol. The molecule has 0 unspecified atom stereocenters. The Morgan fingerprint density at radius 3 is 2.71 bits per heavy atom. The summed E-state index contributed by atoms with van der Waals surface area (Å²) in [7, 11) is 1.65. The first-order valence-corrected chi connectivity index (χ1v) is 8.89. The third kappa shape index (κ3) is 4.21. The van der Waals surface area contributed by atoms with Gasteiger partial charge in [0.05, 0.1) is 26.4 Å². The number of piperidine rings is 1. The fraction of sp³-hybridized carbons (Fsp3) is 0.684. The summed E-state index contributed by atoms with van der Waals surface area (Å²) in [5, 5.41) is 20.3. The van der Waals surface area contributed by atoms with Crippen molar-refractivity contribution in [2.75, 3.05) is 33.4 Å². The normalized spacial score (nSPS) is 24.8. The van der Waals surface area contributed by atoms with Gasteiger partial charge in [-0.1, -0.05) is 19.4 Å². The molecule has 0 aliphatic carbocycles. The van der Waals surface area contributed by atoms with E-state index in [0.29, 0.717) is 19.6 Å². The topological polar surface area (TPSA) is 62.2 Å². The van der Waals surface area contributed by atoms with Gasteiger partial charge in [-0.2, -0.15) is 0 Å². The third-order valence-electron chi connectivity index (χ3n) is 4.96. The fourth-order valence-corrected chi connectivity index (χ4v) is 3.70. The Balaban J connectivity index is 2.10. The van der Waals surface area contributed by atoms with Crippen molar-refractivity contribution >= 4 is 0 Å². The maximum absolute atomic E-state index is 10.4.